The van der Waals surface area contributed by atoms with Crippen LogP contribution in [-0.4, -0.2) is 23.3 Å². The van der Waals surface area contributed by atoms with Crippen LogP contribution in [0.4, 0.5) is 0 Å². The first kappa shape index (κ1) is 21.4. The molecule has 148 valence electrons. The van der Waals surface area contributed by atoms with Crippen molar-refractivity contribution in [2.45, 2.75) is 13.5 Å². The molecule has 0 aliphatic heterocycles. The molecule has 0 spiro atoms. The molecule has 2 aromatic carbocycles. The number of aliphatic hydroxyl groups is 1. The van der Waals surface area contributed by atoms with Crippen molar-refractivity contribution in [1.82, 2.24) is 0 Å². The number of benzene rings is 2. The maximum atomic E-state index is 11.9. The number of aliphatic hydroxyl groups excluding tert-OH is 1. The number of rotatable bonds is 9. The Labute approximate surface area is 168 Å². The number of carbonyl (C=O) groups is 3. The van der Waals surface area contributed by atoms with Gasteiger partial charge in [0.2, 0.25) is 0 Å². The molecule has 0 atom stereocenters. The lowest BCUT2D eigenvalue weighted by Gasteiger charge is -2.00. The van der Waals surface area contributed by atoms with Gasteiger partial charge in [-0.05, 0) is 41.0 Å². The molecule has 0 heterocycles. The summed E-state index contributed by atoms with van der Waals surface area (Å²) >= 11 is 0. The molecule has 0 fully saturated rings. The highest BCUT2D eigenvalue weighted by molar-refractivity contribution is 6.02. The van der Waals surface area contributed by atoms with E-state index in [2.05, 4.69) is 4.74 Å². The molecule has 0 aliphatic carbocycles. The Kier molecular flexibility index (Phi) is 8.13. The molecular weight excluding hydrogens is 372 g/mol. The van der Waals surface area contributed by atoms with E-state index < -0.39 is 5.97 Å². The van der Waals surface area contributed by atoms with Crippen molar-refractivity contribution < 1.29 is 29.0 Å². The second kappa shape index (κ2) is 11.0. The van der Waals surface area contributed by atoms with Crippen molar-refractivity contribution in [2.75, 3.05) is 0 Å². The van der Waals surface area contributed by atoms with Crippen LogP contribution in [0.15, 0.2) is 72.5 Å². The van der Waals surface area contributed by atoms with Gasteiger partial charge in [-0.15, -0.1) is 0 Å². The van der Waals surface area contributed by atoms with Crippen LogP contribution in [0, 0.1) is 0 Å². The van der Waals surface area contributed by atoms with Crippen LogP contribution >= 0.6 is 0 Å². The Morgan fingerprint density at radius 1 is 0.931 bits per heavy atom. The van der Waals surface area contributed by atoms with Crippen LogP contribution in [0.5, 0.6) is 5.75 Å². The molecule has 2 rings (SSSR count). The van der Waals surface area contributed by atoms with Gasteiger partial charge in [0.05, 0.1) is 0 Å². The van der Waals surface area contributed by atoms with Crippen LogP contribution in [0.2, 0.25) is 0 Å². The van der Waals surface area contributed by atoms with Gasteiger partial charge in [-0.1, -0.05) is 48.6 Å². The van der Waals surface area contributed by atoms with Gasteiger partial charge in [0.15, 0.2) is 5.78 Å². The summed E-state index contributed by atoms with van der Waals surface area (Å²) in [6, 6.07) is 13.8. The fraction of sp³-hybridized carbons (Fsp3) is 0.0870. The minimum absolute atomic E-state index is 0.190. The van der Waals surface area contributed by atoms with E-state index >= 15 is 0 Å². The number of ketones is 1. The smallest absolute Gasteiger partial charge is 0.308 e. The van der Waals surface area contributed by atoms with E-state index in [-0.39, 0.29) is 18.1 Å². The van der Waals surface area contributed by atoms with Crippen LogP contribution in [0.1, 0.15) is 23.6 Å². The van der Waals surface area contributed by atoms with Gasteiger partial charge in [-0.3, -0.25) is 14.4 Å². The van der Waals surface area contributed by atoms with Crippen LogP contribution in [0.3, 0.4) is 0 Å². The second-order valence-electron chi connectivity index (χ2n) is 5.95. The minimum atomic E-state index is -0.400. The maximum absolute atomic E-state index is 11.9. The summed E-state index contributed by atoms with van der Waals surface area (Å²) in [5, 5.41) is 9.88. The largest absolute Gasteiger partial charge is 0.508 e. The molecule has 6 heteroatoms. The number of carbonyl (C=O) groups excluding carboxylic acids is 3. The van der Waals surface area contributed by atoms with Crippen molar-refractivity contribution in [2.24, 2.45) is 0 Å². The summed E-state index contributed by atoms with van der Waals surface area (Å²) in [5.41, 5.74) is 2.40. The Balaban J connectivity index is 1.92. The Morgan fingerprint density at radius 3 is 2.10 bits per heavy atom. The molecule has 0 saturated heterocycles. The van der Waals surface area contributed by atoms with E-state index in [0.29, 0.717) is 12.2 Å². The molecular formula is C23H20O6. The van der Waals surface area contributed by atoms with E-state index in [1.165, 1.54) is 19.1 Å². The highest BCUT2D eigenvalue weighted by Crippen LogP contribution is 2.14. The third-order valence-corrected chi connectivity index (χ3v) is 3.62. The van der Waals surface area contributed by atoms with Gasteiger partial charge in [0.25, 0.3) is 6.47 Å². The van der Waals surface area contributed by atoms with E-state index in [4.69, 9.17) is 4.74 Å². The first-order chi connectivity index (χ1) is 14.0. The summed E-state index contributed by atoms with van der Waals surface area (Å²) in [6.07, 6.45) is 7.09. The fourth-order valence-corrected chi connectivity index (χ4v) is 2.27. The monoisotopic (exact) mass is 392 g/mol. The molecule has 2 aromatic rings. The molecule has 0 bridgehead atoms. The topological polar surface area (TPSA) is 89.9 Å². The van der Waals surface area contributed by atoms with E-state index in [0.717, 1.165) is 22.8 Å². The third-order valence-electron chi connectivity index (χ3n) is 3.62. The molecule has 0 aromatic heterocycles. The van der Waals surface area contributed by atoms with Crippen molar-refractivity contribution in [1.29, 1.82) is 0 Å². The average molecular weight is 392 g/mol. The summed E-state index contributed by atoms with van der Waals surface area (Å²) in [5.74, 6) is -0.530. The van der Waals surface area contributed by atoms with Crippen LogP contribution < -0.4 is 4.74 Å². The first-order valence-corrected chi connectivity index (χ1v) is 8.70. The van der Waals surface area contributed by atoms with Crippen molar-refractivity contribution >= 4 is 30.4 Å². The fourth-order valence-electron chi connectivity index (χ4n) is 2.27. The zero-order valence-electron chi connectivity index (χ0n) is 15.8. The van der Waals surface area contributed by atoms with E-state index in [1.54, 1.807) is 60.7 Å². The molecule has 6 nitrogen and oxygen atoms in total. The molecule has 0 radical (unpaired) electrons. The Hall–Kier alpha value is -3.93. The zero-order valence-corrected chi connectivity index (χ0v) is 15.8. The summed E-state index contributed by atoms with van der Waals surface area (Å²) in [4.78, 5) is 33.0. The lowest BCUT2D eigenvalue weighted by molar-refractivity contribution is -0.132. The summed E-state index contributed by atoms with van der Waals surface area (Å²) < 4.78 is 9.60. The average Bonchev–Trinajstić information content (AvgIpc) is 2.70. The Bertz CT molecular complexity index is 934. The molecule has 1 N–H and O–H groups in total. The number of hydrogen-bond donors (Lipinski definition) is 1. The van der Waals surface area contributed by atoms with Gasteiger partial charge in [0, 0.05) is 13.0 Å². The lowest BCUT2D eigenvalue weighted by atomic mass is 10.1. The normalized spacial score (nSPS) is 11.6. The zero-order chi connectivity index (χ0) is 21.1. The molecule has 0 saturated carbocycles. The SMILES string of the molecule is CC(=O)Oc1ccc(/C=C/C(O)=C/C(=O)/C=C/c2ccc(COC=O)cc2)cc1. The van der Waals surface area contributed by atoms with Gasteiger partial charge in [-0.2, -0.15) is 0 Å². The highest BCUT2D eigenvalue weighted by atomic mass is 16.5. The summed E-state index contributed by atoms with van der Waals surface area (Å²) in [6.45, 7) is 1.90. The number of esters is 1. The highest BCUT2D eigenvalue weighted by Gasteiger charge is 1.98. The van der Waals surface area contributed by atoms with Crippen molar-refractivity contribution in [3.8, 4) is 5.75 Å². The minimum Gasteiger partial charge on any atom is -0.508 e. The predicted octanol–water partition coefficient (Wildman–Crippen LogP) is 4.02. The Morgan fingerprint density at radius 2 is 1.52 bits per heavy atom. The molecule has 29 heavy (non-hydrogen) atoms. The van der Waals surface area contributed by atoms with E-state index in [1.807, 2.05) is 0 Å². The van der Waals surface area contributed by atoms with Gasteiger partial charge in [-0.25, -0.2) is 0 Å². The lowest BCUT2D eigenvalue weighted by Crippen LogP contribution is -2.00. The third kappa shape index (κ3) is 8.09. The first-order valence-electron chi connectivity index (χ1n) is 8.70. The van der Waals surface area contributed by atoms with Crippen LogP contribution in [-0.2, 0) is 25.7 Å². The van der Waals surface area contributed by atoms with Crippen LogP contribution in [0.25, 0.3) is 12.2 Å². The second-order valence-corrected chi connectivity index (χ2v) is 5.95. The quantitative estimate of drug-likeness (QED) is 0.173. The predicted molar refractivity (Wildman–Crippen MR) is 109 cm³/mol. The van der Waals surface area contributed by atoms with Gasteiger partial charge >= 0.3 is 5.97 Å². The number of hydrogen-bond acceptors (Lipinski definition) is 6. The van der Waals surface area contributed by atoms with Crippen molar-refractivity contribution in [3.05, 3.63) is 89.2 Å². The standard InChI is InChI=1S/C23H20O6/c1-17(25)29-23-12-8-19(9-13-23)7-11-22(27)14-21(26)10-6-18-2-4-20(5-3-18)15-28-16-24/h2-14,16,27H,15H2,1H3/b10-6+,11-7+,22-14-. The molecule has 0 amide bonds. The van der Waals surface area contributed by atoms with E-state index in [9.17, 15) is 19.5 Å². The molecule has 0 unspecified atom stereocenters. The number of ether oxygens (including phenoxy) is 2. The molecule has 0 aliphatic rings. The van der Waals surface area contributed by atoms with Crippen molar-refractivity contribution in [3.63, 3.8) is 0 Å². The van der Waals surface area contributed by atoms with Gasteiger partial charge < -0.3 is 14.6 Å². The number of allylic oxidation sites excluding steroid dienone is 3. The van der Waals surface area contributed by atoms with Gasteiger partial charge in [0.1, 0.15) is 18.1 Å². The summed E-state index contributed by atoms with van der Waals surface area (Å²) in [7, 11) is 0. The maximum Gasteiger partial charge on any atom is 0.308 e.